The van der Waals surface area contributed by atoms with Crippen molar-refractivity contribution in [1.82, 2.24) is 15.1 Å². The van der Waals surface area contributed by atoms with Gasteiger partial charge in [0.25, 0.3) is 0 Å². The summed E-state index contributed by atoms with van der Waals surface area (Å²) in [7, 11) is 1.82. The molecule has 2 aliphatic rings. The maximum absolute atomic E-state index is 12.6. The van der Waals surface area contributed by atoms with Crippen LogP contribution in [0.4, 0.5) is 5.69 Å². The summed E-state index contributed by atoms with van der Waals surface area (Å²) in [6.07, 6.45) is 1.49. The highest BCUT2D eigenvalue weighted by molar-refractivity contribution is 7.10. The van der Waals surface area contributed by atoms with Crippen LogP contribution >= 0.6 is 11.3 Å². The molecule has 1 aromatic heterocycles. The standard InChI is InChI=1S/C22H29N5OS/c1-23-22(26-14-12-25(13-15-26)19-5-3-2-4-6-19)24-10-7-21(28)27-11-8-20-18(17-27)9-16-29-20/h2-6,9,16H,7-8,10-15,17H2,1H3,(H,23,24). The van der Waals surface area contributed by atoms with Gasteiger partial charge in [0.2, 0.25) is 5.91 Å². The predicted octanol–water partition coefficient (Wildman–Crippen LogP) is 2.42. The zero-order valence-corrected chi connectivity index (χ0v) is 17.8. The second-order valence-corrected chi connectivity index (χ2v) is 8.47. The first-order valence-electron chi connectivity index (χ1n) is 10.3. The van der Waals surface area contributed by atoms with Gasteiger partial charge < -0.3 is 20.0 Å². The van der Waals surface area contributed by atoms with Gasteiger partial charge in [-0.15, -0.1) is 11.3 Å². The first-order chi connectivity index (χ1) is 14.2. The average molecular weight is 412 g/mol. The average Bonchev–Trinajstić information content (AvgIpc) is 3.25. The summed E-state index contributed by atoms with van der Waals surface area (Å²) < 4.78 is 0. The Morgan fingerprint density at radius 2 is 1.86 bits per heavy atom. The predicted molar refractivity (Wildman–Crippen MR) is 120 cm³/mol. The largest absolute Gasteiger partial charge is 0.368 e. The van der Waals surface area contributed by atoms with Crippen molar-refractivity contribution in [3.63, 3.8) is 0 Å². The Balaban J connectivity index is 1.22. The van der Waals surface area contributed by atoms with E-state index in [9.17, 15) is 4.79 Å². The molecule has 0 atom stereocenters. The molecule has 0 unspecified atom stereocenters. The zero-order chi connectivity index (χ0) is 20.1. The molecule has 1 aromatic carbocycles. The molecule has 7 heteroatoms. The maximum Gasteiger partial charge on any atom is 0.224 e. The van der Waals surface area contributed by atoms with Crippen LogP contribution in [0, 0.1) is 0 Å². The van der Waals surface area contributed by atoms with E-state index in [0.717, 1.165) is 51.6 Å². The Labute approximate surface area is 176 Å². The summed E-state index contributed by atoms with van der Waals surface area (Å²) >= 11 is 1.80. The molecule has 2 aliphatic heterocycles. The van der Waals surface area contributed by atoms with Crippen molar-refractivity contribution in [2.45, 2.75) is 19.4 Å². The topological polar surface area (TPSA) is 51.2 Å². The third-order valence-corrected chi connectivity index (χ3v) is 6.72. The monoisotopic (exact) mass is 411 g/mol. The van der Waals surface area contributed by atoms with Crippen molar-refractivity contribution in [1.29, 1.82) is 0 Å². The van der Waals surface area contributed by atoms with Gasteiger partial charge in [-0.1, -0.05) is 18.2 Å². The van der Waals surface area contributed by atoms with Gasteiger partial charge in [-0.2, -0.15) is 0 Å². The summed E-state index contributed by atoms with van der Waals surface area (Å²) in [5.74, 6) is 1.11. The van der Waals surface area contributed by atoms with Gasteiger partial charge in [0.15, 0.2) is 5.96 Å². The minimum Gasteiger partial charge on any atom is -0.368 e. The number of piperazine rings is 1. The number of nitrogens with one attached hydrogen (secondary N) is 1. The van der Waals surface area contributed by atoms with Gasteiger partial charge >= 0.3 is 0 Å². The first kappa shape index (κ1) is 19.8. The number of benzene rings is 1. The SMILES string of the molecule is CN=C(NCCC(=O)N1CCc2sccc2C1)N1CCN(c2ccccc2)CC1. The second kappa shape index (κ2) is 9.31. The van der Waals surface area contributed by atoms with Crippen LogP contribution < -0.4 is 10.2 Å². The van der Waals surface area contributed by atoms with Gasteiger partial charge in [-0.05, 0) is 35.6 Å². The van der Waals surface area contributed by atoms with E-state index >= 15 is 0 Å². The number of amides is 1. The highest BCUT2D eigenvalue weighted by Crippen LogP contribution is 2.24. The molecule has 0 bridgehead atoms. The van der Waals surface area contributed by atoms with Crippen LogP contribution in [0.2, 0.25) is 0 Å². The Bertz CT molecular complexity index is 842. The van der Waals surface area contributed by atoms with E-state index in [2.05, 4.69) is 61.9 Å². The number of aliphatic imine (C=N–C) groups is 1. The number of para-hydroxylation sites is 1. The van der Waals surface area contributed by atoms with Gasteiger partial charge in [0, 0.05) is 69.8 Å². The lowest BCUT2D eigenvalue weighted by atomic mass is 10.1. The molecule has 2 aromatic rings. The Kier molecular flexibility index (Phi) is 6.34. The summed E-state index contributed by atoms with van der Waals surface area (Å²) in [5, 5.41) is 5.52. The van der Waals surface area contributed by atoms with Crippen molar-refractivity contribution < 1.29 is 4.79 Å². The molecule has 1 amide bonds. The first-order valence-corrected chi connectivity index (χ1v) is 11.2. The van der Waals surface area contributed by atoms with Gasteiger partial charge in [0.1, 0.15) is 0 Å². The smallest absolute Gasteiger partial charge is 0.224 e. The quantitative estimate of drug-likeness (QED) is 0.620. The van der Waals surface area contributed by atoms with Crippen LogP contribution in [-0.2, 0) is 17.8 Å². The summed E-state index contributed by atoms with van der Waals surface area (Å²) in [4.78, 5) is 25.1. The summed E-state index contributed by atoms with van der Waals surface area (Å²) in [6.45, 7) is 6.01. The second-order valence-electron chi connectivity index (χ2n) is 7.47. The highest BCUT2D eigenvalue weighted by Gasteiger charge is 2.22. The molecule has 29 heavy (non-hydrogen) atoms. The lowest BCUT2D eigenvalue weighted by Crippen LogP contribution is -2.53. The number of rotatable bonds is 4. The van der Waals surface area contributed by atoms with Gasteiger partial charge in [0.05, 0.1) is 0 Å². The molecule has 154 valence electrons. The fraction of sp³-hybridized carbons (Fsp3) is 0.455. The number of nitrogens with zero attached hydrogens (tertiary/aromatic N) is 4. The molecule has 3 heterocycles. The van der Waals surface area contributed by atoms with Crippen molar-refractivity contribution in [2.75, 3.05) is 51.2 Å². The maximum atomic E-state index is 12.6. The number of thiophene rings is 1. The Morgan fingerprint density at radius 3 is 2.62 bits per heavy atom. The van der Waals surface area contributed by atoms with Gasteiger partial charge in [-0.25, -0.2) is 0 Å². The van der Waals surface area contributed by atoms with E-state index in [4.69, 9.17) is 0 Å². The van der Waals surface area contributed by atoms with Crippen molar-refractivity contribution in [3.05, 3.63) is 52.2 Å². The van der Waals surface area contributed by atoms with Crippen LogP contribution in [0.25, 0.3) is 0 Å². The highest BCUT2D eigenvalue weighted by atomic mass is 32.1. The summed E-state index contributed by atoms with van der Waals surface area (Å²) in [6, 6.07) is 12.7. The van der Waals surface area contributed by atoms with E-state index in [1.165, 1.54) is 16.1 Å². The molecule has 0 spiro atoms. The number of guanidine groups is 1. The minimum atomic E-state index is 0.221. The van der Waals surface area contributed by atoms with Crippen LogP contribution in [0.1, 0.15) is 16.9 Å². The lowest BCUT2D eigenvalue weighted by molar-refractivity contribution is -0.131. The number of hydrogen-bond acceptors (Lipinski definition) is 4. The van der Waals surface area contributed by atoms with Crippen LogP contribution in [-0.4, -0.2) is 68.0 Å². The molecule has 1 saturated heterocycles. The van der Waals surface area contributed by atoms with Gasteiger partial charge in [-0.3, -0.25) is 9.79 Å². The van der Waals surface area contributed by atoms with E-state index < -0.39 is 0 Å². The van der Waals surface area contributed by atoms with E-state index in [0.29, 0.717) is 13.0 Å². The molecule has 0 radical (unpaired) electrons. The van der Waals surface area contributed by atoms with Crippen LogP contribution in [0.15, 0.2) is 46.8 Å². The molecule has 1 fully saturated rings. The third-order valence-electron chi connectivity index (χ3n) is 5.69. The van der Waals surface area contributed by atoms with Crippen LogP contribution in [0.5, 0.6) is 0 Å². The normalized spacial score (nSPS) is 17.3. The zero-order valence-electron chi connectivity index (χ0n) is 17.0. The number of carbonyl (C=O) groups excluding carboxylic acids is 1. The van der Waals surface area contributed by atoms with E-state index in [-0.39, 0.29) is 5.91 Å². The van der Waals surface area contributed by atoms with E-state index in [1.807, 2.05) is 11.9 Å². The Morgan fingerprint density at radius 1 is 1.07 bits per heavy atom. The van der Waals surface area contributed by atoms with Crippen molar-refractivity contribution in [3.8, 4) is 0 Å². The lowest BCUT2D eigenvalue weighted by Gasteiger charge is -2.37. The van der Waals surface area contributed by atoms with Crippen molar-refractivity contribution in [2.24, 2.45) is 4.99 Å². The fourth-order valence-corrected chi connectivity index (χ4v) is 4.94. The fourth-order valence-electron chi connectivity index (χ4n) is 4.05. The minimum absolute atomic E-state index is 0.221. The van der Waals surface area contributed by atoms with Crippen molar-refractivity contribution >= 4 is 28.9 Å². The number of anilines is 1. The molecular formula is C22H29N5OS. The molecule has 6 nitrogen and oxygen atoms in total. The summed E-state index contributed by atoms with van der Waals surface area (Å²) in [5.41, 5.74) is 2.59. The number of fused-ring (bicyclic) bond motifs is 1. The molecule has 0 aliphatic carbocycles. The molecule has 1 N–H and O–H groups in total. The molecular weight excluding hydrogens is 382 g/mol. The molecule has 0 saturated carbocycles. The molecule has 4 rings (SSSR count). The van der Waals surface area contributed by atoms with E-state index in [1.54, 1.807) is 11.3 Å². The number of hydrogen-bond donors (Lipinski definition) is 1. The van der Waals surface area contributed by atoms with Crippen LogP contribution in [0.3, 0.4) is 0 Å². The third kappa shape index (κ3) is 4.72. The Hall–Kier alpha value is -2.54. The number of carbonyl (C=O) groups is 1.